The van der Waals surface area contributed by atoms with E-state index in [1.807, 2.05) is 31.2 Å². The van der Waals surface area contributed by atoms with Crippen molar-refractivity contribution in [3.8, 4) is 17.6 Å². The molecule has 20 heavy (non-hydrogen) atoms. The molecule has 3 heteroatoms. The van der Waals surface area contributed by atoms with Gasteiger partial charge in [-0.1, -0.05) is 24.0 Å². The van der Waals surface area contributed by atoms with E-state index in [1.54, 1.807) is 19.1 Å². The van der Waals surface area contributed by atoms with Gasteiger partial charge in [0.15, 0.2) is 0 Å². The third-order valence-corrected chi connectivity index (χ3v) is 2.76. The summed E-state index contributed by atoms with van der Waals surface area (Å²) in [5, 5.41) is 0. The van der Waals surface area contributed by atoms with E-state index in [0.717, 1.165) is 16.7 Å². The quantitative estimate of drug-likeness (QED) is 0.740. The molecule has 0 aliphatic carbocycles. The molecule has 0 saturated carbocycles. The third kappa shape index (κ3) is 3.83. The van der Waals surface area contributed by atoms with Crippen molar-refractivity contribution in [2.45, 2.75) is 20.5 Å². The summed E-state index contributed by atoms with van der Waals surface area (Å²) >= 11 is 0. The molecule has 0 aliphatic heterocycles. The number of alkyl halides is 2. The van der Waals surface area contributed by atoms with Gasteiger partial charge in [0.2, 0.25) is 0 Å². The number of hydrogen-bond donors (Lipinski definition) is 0. The second-order valence-corrected chi connectivity index (χ2v) is 4.48. The Balaban J connectivity index is 2.21. The average Bonchev–Trinajstić information content (AvgIpc) is 2.39. The molecule has 0 aliphatic rings. The molecular formula is C17H14F2O. The molecule has 0 spiro atoms. The van der Waals surface area contributed by atoms with Crippen molar-refractivity contribution in [1.29, 1.82) is 0 Å². The minimum absolute atomic E-state index is 0.182. The highest BCUT2D eigenvalue weighted by atomic mass is 19.3. The van der Waals surface area contributed by atoms with Crippen molar-refractivity contribution in [2.75, 3.05) is 0 Å². The van der Waals surface area contributed by atoms with Gasteiger partial charge in [0.25, 0.3) is 0 Å². The van der Waals surface area contributed by atoms with Crippen LogP contribution < -0.4 is 4.74 Å². The van der Waals surface area contributed by atoms with Crippen molar-refractivity contribution in [2.24, 2.45) is 0 Å². The molecule has 0 aromatic heterocycles. The van der Waals surface area contributed by atoms with Crippen molar-refractivity contribution in [3.05, 3.63) is 64.7 Å². The van der Waals surface area contributed by atoms with E-state index in [4.69, 9.17) is 0 Å². The number of ether oxygens (including phenoxy) is 1. The van der Waals surface area contributed by atoms with E-state index >= 15 is 0 Å². The maximum Gasteiger partial charge on any atom is 0.387 e. The molecule has 0 N–H and O–H groups in total. The number of benzene rings is 2. The summed E-state index contributed by atoms with van der Waals surface area (Å²) in [6.45, 7) is 0.916. The molecule has 0 fully saturated rings. The number of rotatable bonds is 2. The van der Waals surface area contributed by atoms with Gasteiger partial charge in [0.1, 0.15) is 5.75 Å². The van der Waals surface area contributed by atoms with Crippen LogP contribution in [0.25, 0.3) is 0 Å². The van der Waals surface area contributed by atoms with Crippen LogP contribution in [0.3, 0.4) is 0 Å². The zero-order valence-electron chi connectivity index (χ0n) is 11.3. The summed E-state index contributed by atoms with van der Waals surface area (Å²) < 4.78 is 28.7. The topological polar surface area (TPSA) is 9.23 Å². The standard InChI is InChI=1S/C17H14F2O/c1-12-4-3-5-14(10-12)6-7-15-8-9-16(13(2)11-15)20-17(18)19/h3-5,8-11,17H,1-2H3. The first-order valence-electron chi connectivity index (χ1n) is 6.19. The summed E-state index contributed by atoms with van der Waals surface area (Å²) in [6.07, 6.45) is 0. The molecular weight excluding hydrogens is 258 g/mol. The molecule has 2 aromatic carbocycles. The lowest BCUT2D eigenvalue weighted by Crippen LogP contribution is -2.03. The van der Waals surface area contributed by atoms with Crippen LogP contribution >= 0.6 is 0 Å². The number of aryl methyl sites for hydroxylation is 2. The molecule has 0 atom stereocenters. The van der Waals surface area contributed by atoms with Crippen LogP contribution in [0, 0.1) is 25.7 Å². The predicted octanol–water partition coefficient (Wildman–Crippen LogP) is 4.30. The van der Waals surface area contributed by atoms with Crippen LogP contribution in [0.2, 0.25) is 0 Å². The highest BCUT2D eigenvalue weighted by Crippen LogP contribution is 2.20. The van der Waals surface area contributed by atoms with Crippen LogP contribution in [0.4, 0.5) is 8.78 Å². The van der Waals surface area contributed by atoms with E-state index in [-0.39, 0.29) is 5.75 Å². The molecule has 0 saturated heterocycles. The van der Waals surface area contributed by atoms with Crippen LogP contribution in [0.5, 0.6) is 5.75 Å². The number of halogens is 2. The Morgan fingerprint density at radius 1 is 0.950 bits per heavy atom. The SMILES string of the molecule is Cc1cccc(C#Cc2ccc(OC(F)F)c(C)c2)c1. The molecule has 2 rings (SSSR count). The van der Waals surface area contributed by atoms with E-state index in [2.05, 4.69) is 16.6 Å². The van der Waals surface area contributed by atoms with Crippen LogP contribution in [0.15, 0.2) is 42.5 Å². The zero-order chi connectivity index (χ0) is 14.5. The molecule has 102 valence electrons. The smallest absolute Gasteiger partial charge is 0.387 e. The highest BCUT2D eigenvalue weighted by molar-refractivity contribution is 5.47. The monoisotopic (exact) mass is 272 g/mol. The summed E-state index contributed by atoms with van der Waals surface area (Å²) in [5.74, 6) is 6.25. The Kier molecular flexibility index (Phi) is 4.37. The number of hydrogen-bond acceptors (Lipinski definition) is 1. The van der Waals surface area contributed by atoms with Crippen molar-refractivity contribution < 1.29 is 13.5 Å². The molecule has 0 heterocycles. The van der Waals surface area contributed by atoms with Gasteiger partial charge in [-0.15, -0.1) is 0 Å². The Morgan fingerprint density at radius 2 is 1.65 bits per heavy atom. The van der Waals surface area contributed by atoms with Gasteiger partial charge in [-0.3, -0.25) is 0 Å². The van der Waals surface area contributed by atoms with Gasteiger partial charge in [0.05, 0.1) is 0 Å². The van der Waals surface area contributed by atoms with Gasteiger partial charge in [-0.05, 0) is 55.3 Å². The minimum Gasteiger partial charge on any atom is -0.435 e. The van der Waals surface area contributed by atoms with Crippen LogP contribution in [-0.2, 0) is 0 Å². The Morgan fingerprint density at radius 3 is 2.25 bits per heavy atom. The zero-order valence-corrected chi connectivity index (χ0v) is 11.3. The normalized spacial score (nSPS) is 10.1. The summed E-state index contributed by atoms with van der Waals surface area (Å²) in [4.78, 5) is 0. The third-order valence-electron chi connectivity index (χ3n) is 2.76. The summed E-state index contributed by atoms with van der Waals surface area (Å²) in [5.41, 5.74) is 3.48. The van der Waals surface area contributed by atoms with E-state index in [1.165, 1.54) is 6.07 Å². The van der Waals surface area contributed by atoms with Gasteiger partial charge in [0, 0.05) is 11.1 Å². The first-order valence-corrected chi connectivity index (χ1v) is 6.19. The van der Waals surface area contributed by atoms with Crippen molar-refractivity contribution in [1.82, 2.24) is 0 Å². The summed E-state index contributed by atoms with van der Waals surface area (Å²) in [7, 11) is 0. The van der Waals surface area contributed by atoms with E-state index < -0.39 is 6.61 Å². The average molecular weight is 272 g/mol. The molecule has 2 aromatic rings. The largest absolute Gasteiger partial charge is 0.435 e. The molecule has 0 amide bonds. The van der Waals surface area contributed by atoms with Crippen molar-refractivity contribution >= 4 is 0 Å². The lowest BCUT2D eigenvalue weighted by molar-refractivity contribution is -0.0502. The molecule has 0 bridgehead atoms. The van der Waals surface area contributed by atoms with Crippen LogP contribution in [0.1, 0.15) is 22.3 Å². The summed E-state index contributed by atoms with van der Waals surface area (Å²) in [6, 6.07) is 12.8. The maximum absolute atomic E-state index is 12.2. The fraction of sp³-hybridized carbons (Fsp3) is 0.176. The van der Waals surface area contributed by atoms with E-state index in [9.17, 15) is 8.78 Å². The predicted molar refractivity (Wildman–Crippen MR) is 75.0 cm³/mol. The fourth-order valence-electron chi connectivity index (χ4n) is 1.82. The maximum atomic E-state index is 12.2. The van der Waals surface area contributed by atoms with Crippen molar-refractivity contribution in [3.63, 3.8) is 0 Å². The Hall–Kier alpha value is -2.34. The van der Waals surface area contributed by atoms with Gasteiger partial charge < -0.3 is 4.74 Å². The first kappa shape index (κ1) is 14.1. The Bertz CT molecular complexity index is 666. The lowest BCUT2D eigenvalue weighted by Gasteiger charge is -2.07. The lowest BCUT2D eigenvalue weighted by atomic mass is 10.1. The second-order valence-electron chi connectivity index (χ2n) is 4.48. The highest BCUT2D eigenvalue weighted by Gasteiger charge is 2.06. The fourth-order valence-corrected chi connectivity index (χ4v) is 1.82. The molecule has 0 radical (unpaired) electrons. The first-order chi connectivity index (χ1) is 9.54. The van der Waals surface area contributed by atoms with Gasteiger partial charge >= 0.3 is 6.61 Å². The van der Waals surface area contributed by atoms with Crippen LogP contribution in [-0.4, -0.2) is 6.61 Å². The van der Waals surface area contributed by atoms with Gasteiger partial charge in [-0.2, -0.15) is 8.78 Å². The minimum atomic E-state index is -2.81. The van der Waals surface area contributed by atoms with E-state index in [0.29, 0.717) is 5.56 Å². The molecule has 1 nitrogen and oxygen atoms in total. The Labute approximate surface area is 117 Å². The second kappa shape index (κ2) is 6.21. The van der Waals surface area contributed by atoms with Gasteiger partial charge in [-0.25, -0.2) is 0 Å². The molecule has 0 unspecified atom stereocenters.